The van der Waals surface area contributed by atoms with Crippen molar-refractivity contribution in [3.05, 3.63) is 18.2 Å². The average Bonchev–Trinajstić information content (AvgIpc) is 3.05. The topological polar surface area (TPSA) is 8.81 Å². The minimum atomic E-state index is 0.573. The van der Waals surface area contributed by atoms with Gasteiger partial charge in [-0.15, -0.1) is 0 Å². The molecular formula is C25H49N2+. The van der Waals surface area contributed by atoms with Gasteiger partial charge in [0.05, 0.1) is 12.6 Å². The molecule has 2 nitrogen and oxygen atoms in total. The van der Waals surface area contributed by atoms with E-state index in [1.807, 2.05) is 0 Å². The van der Waals surface area contributed by atoms with Crippen molar-refractivity contribution in [2.24, 2.45) is 0 Å². The molecular weight excluding hydrogens is 328 g/mol. The summed E-state index contributed by atoms with van der Waals surface area (Å²) in [5.41, 5.74) is 0. The van der Waals surface area contributed by atoms with E-state index in [9.17, 15) is 0 Å². The van der Waals surface area contributed by atoms with Crippen molar-refractivity contribution in [2.45, 2.75) is 143 Å². The number of hydrogen-bond donors (Lipinski definition) is 0. The van der Waals surface area contributed by atoms with Crippen molar-refractivity contribution >= 4 is 0 Å². The highest BCUT2D eigenvalue weighted by Crippen LogP contribution is 2.13. The summed E-state index contributed by atoms with van der Waals surface area (Å²) in [6.07, 6.45) is 27.1. The van der Waals surface area contributed by atoms with Gasteiger partial charge < -0.3 is 0 Å². The number of hydrogen-bond acceptors (Lipinski definition) is 0. The standard InChI is InChI=1S/C25H49N2/c1-5-7-8-9-10-11-12-13-14-15-16-17-18-19-21-26-22-23-27(24(3)4)25(26)20-6-2/h22-24H,5-21H2,1-4H3/q+1. The van der Waals surface area contributed by atoms with Crippen molar-refractivity contribution in [2.75, 3.05) is 0 Å². The number of nitrogens with zero attached hydrogens (tertiary/aromatic N) is 2. The van der Waals surface area contributed by atoms with E-state index in [0.717, 1.165) is 0 Å². The van der Waals surface area contributed by atoms with Crippen LogP contribution in [0.3, 0.4) is 0 Å². The van der Waals surface area contributed by atoms with Crippen molar-refractivity contribution in [1.29, 1.82) is 0 Å². The Hall–Kier alpha value is -0.790. The van der Waals surface area contributed by atoms with Gasteiger partial charge >= 0.3 is 0 Å². The molecule has 0 radical (unpaired) electrons. The van der Waals surface area contributed by atoms with Gasteiger partial charge in [0, 0.05) is 6.42 Å². The molecule has 0 amide bonds. The Morgan fingerprint density at radius 1 is 0.704 bits per heavy atom. The van der Waals surface area contributed by atoms with E-state index in [1.54, 1.807) is 0 Å². The second kappa shape index (κ2) is 16.2. The Morgan fingerprint density at radius 2 is 1.19 bits per heavy atom. The van der Waals surface area contributed by atoms with Crippen LogP contribution in [-0.4, -0.2) is 4.57 Å². The van der Waals surface area contributed by atoms with Crippen LogP contribution in [0.15, 0.2) is 12.4 Å². The lowest BCUT2D eigenvalue weighted by molar-refractivity contribution is -0.704. The van der Waals surface area contributed by atoms with Crippen molar-refractivity contribution in [3.8, 4) is 0 Å². The number of unbranched alkanes of at least 4 members (excludes halogenated alkanes) is 13. The lowest BCUT2D eigenvalue weighted by atomic mass is 10.0. The highest BCUT2D eigenvalue weighted by molar-refractivity contribution is 4.86. The van der Waals surface area contributed by atoms with E-state index in [1.165, 1.54) is 115 Å². The molecule has 0 aliphatic heterocycles. The smallest absolute Gasteiger partial charge is 0.234 e. The molecule has 1 rings (SSSR count). The Bertz CT molecular complexity index is 447. The predicted octanol–water partition coefficient (Wildman–Crippen LogP) is 7.79. The SMILES string of the molecule is CCCCCCCCCCCCCCCC[n+]1ccn(C(C)C)c1CCC. The van der Waals surface area contributed by atoms with E-state index in [4.69, 9.17) is 0 Å². The number of aromatic nitrogens is 2. The second-order valence-corrected chi connectivity index (χ2v) is 8.75. The first-order valence-electron chi connectivity index (χ1n) is 12.3. The molecule has 2 heteroatoms. The molecule has 0 aromatic carbocycles. The zero-order valence-corrected chi connectivity index (χ0v) is 19.1. The van der Waals surface area contributed by atoms with Crippen LogP contribution in [0.25, 0.3) is 0 Å². The quantitative estimate of drug-likeness (QED) is 0.182. The van der Waals surface area contributed by atoms with Gasteiger partial charge in [-0.1, -0.05) is 90.9 Å². The van der Waals surface area contributed by atoms with Gasteiger partial charge in [-0.05, 0) is 33.1 Å². The molecule has 0 fully saturated rings. The first-order chi connectivity index (χ1) is 13.2. The van der Waals surface area contributed by atoms with Crippen LogP contribution in [-0.2, 0) is 13.0 Å². The molecule has 0 spiro atoms. The van der Waals surface area contributed by atoms with Crippen LogP contribution in [0.4, 0.5) is 0 Å². The van der Waals surface area contributed by atoms with Crippen LogP contribution >= 0.6 is 0 Å². The largest absolute Gasteiger partial charge is 0.256 e. The summed E-state index contributed by atoms with van der Waals surface area (Å²) >= 11 is 0. The molecule has 1 aromatic rings. The Labute approximate surface area is 170 Å². The van der Waals surface area contributed by atoms with Crippen LogP contribution in [0.5, 0.6) is 0 Å². The minimum absolute atomic E-state index is 0.573. The minimum Gasteiger partial charge on any atom is -0.234 e. The summed E-state index contributed by atoms with van der Waals surface area (Å²) in [5, 5.41) is 0. The van der Waals surface area contributed by atoms with Gasteiger partial charge in [-0.2, -0.15) is 0 Å². The zero-order valence-electron chi connectivity index (χ0n) is 19.1. The molecule has 1 aromatic heterocycles. The van der Waals surface area contributed by atoms with Gasteiger partial charge in [0.15, 0.2) is 0 Å². The first-order valence-corrected chi connectivity index (χ1v) is 12.3. The summed E-state index contributed by atoms with van der Waals surface area (Å²) in [7, 11) is 0. The highest BCUT2D eigenvalue weighted by Gasteiger charge is 2.17. The molecule has 0 aliphatic rings. The average molecular weight is 378 g/mol. The van der Waals surface area contributed by atoms with Gasteiger partial charge in [0.1, 0.15) is 12.4 Å². The lowest BCUT2D eigenvalue weighted by Gasteiger charge is -2.07. The fraction of sp³-hybridized carbons (Fsp3) is 0.880. The number of aryl methyl sites for hydroxylation is 1. The summed E-state index contributed by atoms with van der Waals surface area (Å²) in [5.74, 6) is 1.52. The second-order valence-electron chi connectivity index (χ2n) is 8.75. The third kappa shape index (κ3) is 11.0. The molecule has 0 unspecified atom stereocenters. The Kier molecular flexibility index (Phi) is 14.5. The van der Waals surface area contributed by atoms with E-state index >= 15 is 0 Å². The van der Waals surface area contributed by atoms with Crippen LogP contribution in [0.2, 0.25) is 0 Å². The van der Waals surface area contributed by atoms with Crippen LogP contribution < -0.4 is 4.57 Å². The predicted molar refractivity (Wildman–Crippen MR) is 119 cm³/mol. The lowest BCUT2D eigenvalue weighted by Crippen LogP contribution is -2.37. The van der Waals surface area contributed by atoms with Crippen LogP contribution in [0.1, 0.15) is 136 Å². The van der Waals surface area contributed by atoms with E-state index < -0.39 is 0 Å². The molecule has 0 aliphatic carbocycles. The Balaban J connectivity index is 1.99. The van der Waals surface area contributed by atoms with Crippen molar-refractivity contribution in [1.82, 2.24) is 4.57 Å². The fourth-order valence-corrected chi connectivity index (χ4v) is 4.12. The third-order valence-electron chi connectivity index (χ3n) is 5.82. The van der Waals surface area contributed by atoms with Gasteiger partial charge in [0.2, 0.25) is 0 Å². The first kappa shape index (κ1) is 24.2. The van der Waals surface area contributed by atoms with E-state index in [0.29, 0.717) is 6.04 Å². The summed E-state index contributed by atoms with van der Waals surface area (Å²) in [6, 6.07) is 0.573. The summed E-state index contributed by atoms with van der Waals surface area (Å²) < 4.78 is 4.96. The molecule has 27 heavy (non-hydrogen) atoms. The maximum absolute atomic E-state index is 2.50. The fourth-order valence-electron chi connectivity index (χ4n) is 4.12. The molecule has 0 atom stereocenters. The number of rotatable bonds is 18. The molecule has 0 N–H and O–H groups in total. The summed E-state index contributed by atoms with van der Waals surface area (Å²) in [4.78, 5) is 0. The Morgan fingerprint density at radius 3 is 1.63 bits per heavy atom. The monoisotopic (exact) mass is 377 g/mol. The molecule has 0 bridgehead atoms. The van der Waals surface area contributed by atoms with Crippen molar-refractivity contribution < 1.29 is 4.57 Å². The zero-order chi connectivity index (χ0) is 19.7. The van der Waals surface area contributed by atoms with Gasteiger partial charge in [0.25, 0.3) is 5.82 Å². The summed E-state index contributed by atoms with van der Waals surface area (Å²) in [6.45, 7) is 10.4. The van der Waals surface area contributed by atoms with Crippen molar-refractivity contribution in [3.63, 3.8) is 0 Å². The van der Waals surface area contributed by atoms with E-state index in [-0.39, 0.29) is 0 Å². The highest BCUT2D eigenvalue weighted by atomic mass is 15.2. The molecule has 1 heterocycles. The maximum atomic E-state index is 2.50. The third-order valence-corrected chi connectivity index (χ3v) is 5.82. The molecule has 158 valence electrons. The number of imidazole rings is 1. The maximum Gasteiger partial charge on any atom is 0.256 e. The molecule has 0 saturated carbocycles. The molecule has 0 saturated heterocycles. The normalized spacial score (nSPS) is 11.6. The van der Waals surface area contributed by atoms with Gasteiger partial charge in [-0.25, -0.2) is 9.13 Å². The van der Waals surface area contributed by atoms with E-state index in [2.05, 4.69) is 49.2 Å². The van der Waals surface area contributed by atoms with Gasteiger partial charge in [-0.3, -0.25) is 0 Å². The van der Waals surface area contributed by atoms with Crippen LogP contribution in [0, 0.1) is 0 Å².